The molecule has 3 heterocycles. The van der Waals surface area contributed by atoms with E-state index in [-0.39, 0.29) is 5.91 Å². The number of ether oxygens (including phenoxy) is 1. The summed E-state index contributed by atoms with van der Waals surface area (Å²) in [5.41, 5.74) is 1.59. The highest BCUT2D eigenvalue weighted by Crippen LogP contribution is 2.21. The highest BCUT2D eigenvalue weighted by molar-refractivity contribution is 9.10. The summed E-state index contributed by atoms with van der Waals surface area (Å²) >= 11 is 3.36. The molecule has 5 nitrogen and oxygen atoms in total. The van der Waals surface area contributed by atoms with E-state index in [2.05, 4.69) is 25.9 Å². The SMILES string of the molecule is Cc1cc(OCC2CCN(C(=O)c3cncc(Br)c3)CC2)ccn1. The van der Waals surface area contributed by atoms with Gasteiger partial charge in [-0.1, -0.05) is 0 Å². The van der Waals surface area contributed by atoms with E-state index in [0.29, 0.717) is 18.1 Å². The average Bonchev–Trinajstić information content (AvgIpc) is 2.60. The zero-order valence-corrected chi connectivity index (χ0v) is 15.2. The summed E-state index contributed by atoms with van der Waals surface area (Å²) in [7, 11) is 0. The monoisotopic (exact) mass is 389 g/mol. The molecule has 0 aromatic carbocycles. The van der Waals surface area contributed by atoms with Gasteiger partial charge < -0.3 is 9.64 Å². The van der Waals surface area contributed by atoms with Crippen LogP contribution in [0.1, 0.15) is 28.9 Å². The van der Waals surface area contributed by atoms with Crippen LogP contribution in [0.5, 0.6) is 5.75 Å². The van der Waals surface area contributed by atoms with Gasteiger partial charge in [0.05, 0.1) is 12.2 Å². The number of amides is 1. The third-order valence-corrected chi connectivity index (χ3v) is 4.64. The number of nitrogens with zero attached hydrogens (tertiary/aromatic N) is 3. The molecule has 2 aromatic rings. The highest BCUT2D eigenvalue weighted by atomic mass is 79.9. The lowest BCUT2D eigenvalue weighted by atomic mass is 9.97. The van der Waals surface area contributed by atoms with Crippen LogP contribution in [0.25, 0.3) is 0 Å². The van der Waals surface area contributed by atoms with Crippen molar-refractivity contribution < 1.29 is 9.53 Å². The summed E-state index contributed by atoms with van der Waals surface area (Å²) in [4.78, 5) is 22.6. The number of hydrogen-bond acceptors (Lipinski definition) is 4. The average molecular weight is 390 g/mol. The Kier molecular flexibility index (Phi) is 5.45. The highest BCUT2D eigenvalue weighted by Gasteiger charge is 2.24. The number of likely N-dealkylation sites (tertiary alicyclic amines) is 1. The molecule has 2 aromatic heterocycles. The van der Waals surface area contributed by atoms with Crippen molar-refractivity contribution in [2.45, 2.75) is 19.8 Å². The predicted octanol–water partition coefficient (Wildman–Crippen LogP) is 3.48. The van der Waals surface area contributed by atoms with Crippen molar-refractivity contribution in [1.82, 2.24) is 14.9 Å². The van der Waals surface area contributed by atoms with Gasteiger partial charge in [0.1, 0.15) is 5.75 Å². The number of pyridine rings is 2. The van der Waals surface area contributed by atoms with Crippen molar-refractivity contribution >= 4 is 21.8 Å². The molecule has 24 heavy (non-hydrogen) atoms. The van der Waals surface area contributed by atoms with E-state index in [9.17, 15) is 4.79 Å². The second kappa shape index (κ2) is 7.75. The first-order valence-electron chi connectivity index (χ1n) is 8.07. The predicted molar refractivity (Wildman–Crippen MR) is 95.0 cm³/mol. The smallest absolute Gasteiger partial charge is 0.255 e. The largest absolute Gasteiger partial charge is 0.493 e. The van der Waals surface area contributed by atoms with E-state index in [4.69, 9.17) is 4.74 Å². The van der Waals surface area contributed by atoms with Gasteiger partial charge in [-0.3, -0.25) is 14.8 Å². The lowest BCUT2D eigenvalue weighted by Crippen LogP contribution is -2.39. The quantitative estimate of drug-likeness (QED) is 0.802. The Morgan fingerprint density at radius 2 is 2.12 bits per heavy atom. The first-order chi connectivity index (χ1) is 11.6. The normalized spacial score (nSPS) is 15.3. The third-order valence-electron chi connectivity index (χ3n) is 4.21. The maximum absolute atomic E-state index is 12.5. The second-order valence-electron chi connectivity index (χ2n) is 6.07. The standard InChI is InChI=1S/C18H20BrN3O2/c1-13-8-17(2-5-21-13)24-12-14-3-6-22(7-4-14)18(23)15-9-16(19)11-20-10-15/h2,5,8-11,14H,3-4,6-7,12H2,1H3. The maximum Gasteiger partial charge on any atom is 0.255 e. The van der Waals surface area contributed by atoms with Crippen molar-refractivity contribution in [3.05, 3.63) is 52.5 Å². The first kappa shape index (κ1) is 16.9. The fourth-order valence-electron chi connectivity index (χ4n) is 2.84. The molecular weight excluding hydrogens is 370 g/mol. The van der Waals surface area contributed by atoms with Gasteiger partial charge in [-0.25, -0.2) is 0 Å². The summed E-state index contributed by atoms with van der Waals surface area (Å²) in [5.74, 6) is 1.39. The number of aromatic nitrogens is 2. The second-order valence-corrected chi connectivity index (χ2v) is 6.99. The minimum absolute atomic E-state index is 0.0490. The number of aryl methyl sites for hydroxylation is 1. The summed E-state index contributed by atoms with van der Waals surface area (Å²) in [6, 6.07) is 5.64. The maximum atomic E-state index is 12.5. The van der Waals surface area contributed by atoms with Crippen molar-refractivity contribution in [3.63, 3.8) is 0 Å². The van der Waals surface area contributed by atoms with Gasteiger partial charge in [0.2, 0.25) is 0 Å². The van der Waals surface area contributed by atoms with Crippen molar-refractivity contribution in [2.24, 2.45) is 5.92 Å². The fourth-order valence-corrected chi connectivity index (χ4v) is 3.20. The number of carbonyl (C=O) groups excluding carboxylic acids is 1. The molecule has 1 aliphatic heterocycles. The molecule has 1 aliphatic rings. The Morgan fingerprint density at radius 1 is 1.33 bits per heavy atom. The zero-order valence-electron chi connectivity index (χ0n) is 13.6. The Morgan fingerprint density at radius 3 is 2.83 bits per heavy atom. The van der Waals surface area contributed by atoms with Crippen LogP contribution in [0.4, 0.5) is 0 Å². The van der Waals surface area contributed by atoms with Crippen LogP contribution in [0.15, 0.2) is 41.3 Å². The minimum Gasteiger partial charge on any atom is -0.493 e. The molecule has 0 saturated carbocycles. The molecule has 0 spiro atoms. The van der Waals surface area contributed by atoms with Gasteiger partial charge in [-0.05, 0) is 53.7 Å². The molecular formula is C18H20BrN3O2. The zero-order chi connectivity index (χ0) is 16.9. The fraction of sp³-hybridized carbons (Fsp3) is 0.389. The molecule has 0 N–H and O–H groups in total. The number of carbonyl (C=O) groups is 1. The lowest BCUT2D eigenvalue weighted by molar-refractivity contribution is 0.0660. The Labute approximate surface area is 150 Å². The van der Waals surface area contributed by atoms with E-state index in [1.54, 1.807) is 18.6 Å². The van der Waals surface area contributed by atoms with Gasteiger partial charge in [-0.2, -0.15) is 0 Å². The molecule has 0 unspecified atom stereocenters. The molecule has 1 fully saturated rings. The van der Waals surface area contributed by atoms with Crippen LogP contribution in [-0.4, -0.2) is 40.5 Å². The minimum atomic E-state index is 0.0490. The number of rotatable bonds is 4. The van der Waals surface area contributed by atoms with Crippen molar-refractivity contribution in [2.75, 3.05) is 19.7 Å². The molecule has 0 atom stereocenters. The number of hydrogen-bond donors (Lipinski definition) is 0. The number of halogens is 1. The first-order valence-corrected chi connectivity index (χ1v) is 8.86. The van der Waals surface area contributed by atoms with Crippen LogP contribution >= 0.6 is 15.9 Å². The summed E-state index contributed by atoms with van der Waals surface area (Å²) in [6.07, 6.45) is 6.97. The lowest BCUT2D eigenvalue weighted by Gasteiger charge is -2.32. The molecule has 3 rings (SSSR count). The Hall–Kier alpha value is -1.95. The number of piperidine rings is 1. The summed E-state index contributed by atoms with van der Waals surface area (Å²) in [5, 5.41) is 0. The molecule has 6 heteroatoms. The summed E-state index contributed by atoms with van der Waals surface area (Å²) in [6.45, 7) is 4.15. The Balaban J connectivity index is 1.49. The van der Waals surface area contributed by atoms with Gasteiger partial charge in [-0.15, -0.1) is 0 Å². The molecule has 0 aliphatic carbocycles. The van der Waals surface area contributed by atoms with E-state index in [0.717, 1.165) is 41.8 Å². The van der Waals surface area contributed by atoms with Gasteiger partial charge in [0.25, 0.3) is 5.91 Å². The molecule has 1 saturated heterocycles. The third kappa shape index (κ3) is 4.32. The van der Waals surface area contributed by atoms with Crippen LogP contribution in [0, 0.1) is 12.8 Å². The van der Waals surface area contributed by atoms with Crippen LogP contribution in [0.2, 0.25) is 0 Å². The van der Waals surface area contributed by atoms with Crippen molar-refractivity contribution in [3.8, 4) is 5.75 Å². The van der Waals surface area contributed by atoms with Gasteiger partial charge in [0.15, 0.2) is 0 Å². The summed E-state index contributed by atoms with van der Waals surface area (Å²) < 4.78 is 6.69. The van der Waals surface area contributed by atoms with E-state index < -0.39 is 0 Å². The Bertz CT molecular complexity index is 715. The van der Waals surface area contributed by atoms with Crippen molar-refractivity contribution in [1.29, 1.82) is 0 Å². The molecule has 0 radical (unpaired) electrons. The van der Waals surface area contributed by atoms with E-state index in [1.165, 1.54) is 0 Å². The van der Waals surface area contributed by atoms with Gasteiger partial charge in [0, 0.05) is 47.9 Å². The molecule has 126 valence electrons. The van der Waals surface area contributed by atoms with Crippen LogP contribution in [-0.2, 0) is 0 Å². The van der Waals surface area contributed by atoms with Gasteiger partial charge >= 0.3 is 0 Å². The topological polar surface area (TPSA) is 55.3 Å². The van der Waals surface area contributed by atoms with E-state index in [1.807, 2.05) is 30.0 Å². The molecule has 0 bridgehead atoms. The van der Waals surface area contributed by atoms with E-state index >= 15 is 0 Å². The van der Waals surface area contributed by atoms with Crippen LogP contribution < -0.4 is 4.74 Å². The van der Waals surface area contributed by atoms with Crippen LogP contribution in [0.3, 0.4) is 0 Å². The molecule has 1 amide bonds.